The van der Waals surface area contributed by atoms with E-state index >= 15 is 0 Å². The van der Waals surface area contributed by atoms with Gasteiger partial charge < -0.3 is 10.2 Å². The number of piperidine rings is 1. The number of hydrogen-bond acceptors (Lipinski definition) is 4. The van der Waals surface area contributed by atoms with E-state index in [1.54, 1.807) is 6.21 Å². The Labute approximate surface area is 138 Å². The highest BCUT2D eigenvalue weighted by atomic mass is 16.3. The number of phenolic OH excluding ortho intramolecular Hbond substituents is 2. The van der Waals surface area contributed by atoms with E-state index in [2.05, 4.69) is 24.0 Å². The molecule has 4 nitrogen and oxygen atoms in total. The lowest BCUT2D eigenvalue weighted by atomic mass is 9.67. The van der Waals surface area contributed by atoms with Crippen LogP contribution in [-0.2, 0) is 0 Å². The molecule has 1 aliphatic heterocycles. The van der Waals surface area contributed by atoms with E-state index in [0.29, 0.717) is 23.0 Å². The zero-order valence-electron chi connectivity index (χ0n) is 14.6. The second-order valence-electron chi connectivity index (χ2n) is 7.34. The second-order valence-corrected chi connectivity index (χ2v) is 7.34. The van der Waals surface area contributed by atoms with Gasteiger partial charge in [0.15, 0.2) is 0 Å². The summed E-state index contributed by atoms with van der Waals surface area (Å²) in [5.41, 5.74) is 3.34. The zero-order chi connectivity index (χ0) is 16.7. The molecule has 0 spiro atoms. The maximum Gasteiger partial charge on any atom is 0.128 e. The summed E-state index contributed by atoms with van der Waals surface area (Å²) >= 11 is 0. The Balaban J connectivity index is 2.04. The van der Waals surface area contributed by atoms with E-state index in [0.717, 1.165) is 29.8 Å². The molecule has 0 amide bonds. The quantitative estimate of drug-likeness (QED) is 0.647. The molecule has 2 N–H and O–H groups in total. The van der Waals surface area contributed by atoms with E-state index in [9.17, 15) is 10.2 Å². The maximum atomic E-state index is 10.8. The van der Waals surface area contributed by atoms with Gasteiger partial charge in [0.05, 0.1) is 6.21 Å². The van der Waals surface area contributed by atoms with Gasteiger partial charge in [-0.25, -0.2) is 0 Å². The highest BCUT2D eigenvalue weighted by Crippen LogP contribution is 2.57. The summed E-state index contributed by atoms with van der Waals surface area (Å²) in [6.45, 7) is 10.2. The van der Waals surface area contributed by atoms with Gasteiger partial charge in [-0.15, -0.1) is 0 Å². The third-order valence-electron chi connectivity index (χ3n) is 5.52. The van der Waals surface area contributed by atoms with E-state index in [1.807, 2.05) is 13.8 Å². The smallest absolute Gasteiger partial charge is 0.128 e. The molecule has 23 heavy (non-hydrogen) atoms. The standard InChI is InChI=1S/C19H28N2O2/c1-11(2)15-14(10-20-21-8-6-5-7-9-21)18(22)16-12(3)13(4)17(16)19(15)23/h10-13,22-23H,5-9H2,1-4H3/b20-10+/t12-,13+/m0/s1. The molecular formula is C19H28N2O2. The molecule has 126 valence electrons. The fraction of sp³-hybridized carbons (Fsp3) is 0.632. The summed E-state index contributed by atoms with van der Waals surface area (Å²) in [5.74, 6) is 1.38. The average molecular weight is 316 g/mol. The highest BCUT2D eigenvalue weighted by molar-refractivity contribution is 5.89. The molecule has 2 aliphatic rings. The molecule has 0 saturated carbocycles. The lowest BCUT2D eigenvalue weighted by molar-refractivity contribution is 0.240. The SMILES string of the molecule is CC(C)c1c(O)c2c(c(O)c1/C=N/N1CCCCC1)[C@@H](C)[C@H]2C. The van der Waals surface area contributed by atoms with Crippen LogP contribution in [-0.4, -0.2) is 34.5 Å². The minimum absolute atomic E-state index is 0.136. The number of phenols is 2. The van der Waals surface area contributed by atoms with Crippen molar-refractivity contribution in [3.05, 3.63) is 22.3 Å². The Morgan fingerprint density at radius 2 is 1.57 bits per heavy atom. The first-order chi connectivity index (χ1) is 10.9. The van der Waals surface area contributed by atoms with Crippen LogP contribution in [0.2, 0.25) is 0 Å². The largest absolute Gasteiger partial charge is 0.507 e. The van der Waals surface area contributed by atoms with Crippen molar-refractivity contribution in [1.82, 2.24) is 5.01 Å². The van der Waals surface area contributed by atoms with Crippen LogP contribution < -0.4 is 0 Å². The Bertz CT molecular complexity index is 631. The molecule has 4 heteroatoms. The van der Waals surface area contributed by atoms with Crippen molar-refractivity contribution in [2.75, 3.05) is 13.1 Å². The van der Waals surface area contributed by atoms with Gasteiger partial charge in [-0.1, -0.05) is 27.7 Å². The van der Waals surface area contributed by atoms with Gasteiger partial charge >= 0.3 is 0 Å². The minimum atomic E-state index is 0.136. The molecule has 1 aliphatic carbocycles. The molecular weight excluding hydrogens is 288 g/mol. The number of nitrogens with zero attached hydrogens (tertiary/aromatic N) is 2. The van der Waals surface area contributed by atoms with Crippen molar-refractivity contribution >= 4 is 6.21 Å². The molecule has 0 bridgehead atoms. The average Bonchev–Trinajstić information content (AvgIpc) is 2.54. The normalized spacial score (nSPS) is 24.1. The third kappa shape index (κ3) is 2.58. The molecule has 0 unspecified atom stereocenters. The molecule has 1 fully saturated rings. The van der Waals surface area contributed by atoms with Gasteiger partial charge in [0.1, 0.15) is 11.5 Å². The molecule has 0 aromatic heterocycles. The summed E-state index contributed by atoms with van der Waals surface area (Å²) in [7, 11) is 0. The molecule has 0 radical (unpaired) electrons. The Morgan fingerprint density at radius 1 is 1.00 bits per heavy atom. The van der Waals surface area contributed by atoms with Crippen LogP contribution in [0.5, 0.6) is 11.5 Å². The van der Waals surface area contributed by atoms with Crippen LogP contribution in [0.3, 0.4) is 0 Å². The fourth-order valence-corrected chi connectivity index (χ4v) is 3.97. The molecule has 1 saturated heterocycles. The summed E-state index contributed by atoms with van der Waals surface area (Å²) in [6, 6.07) is 0. The van der Waals surface area contributed by atoms with Gasteiger partial charge in [0, 0.05) is 35.3 Å². The Hall–Kier alpha value is -1.71. The first-order valence-electron chi connectivity index (χ1n) is 8.84. The van der Waals surface area contributed by atoms with Crippen LogP contribution in [0.15, 0.2) is 5.10 Å². The molecule has 3 rings (SSSR count). The Kier molecular flexibility index (Phi) is 4.26. The van der Waals surface area contributed by atoms with E-state index < -0.39 is 0 Å². The minimum Gasteiger partial charge on any atom is -0.507 e. The van der Waals surface area contributed by atoms with Crippen LogP contribution in [0.25, 0.3) is 0 Å². The van der Waals surface area contributed by atoms with Gasteiger partial charge in [0.2, 0.25) is 0 Å². The summed E-state index contributed by atoms with van der Waals surface area (Å²) < 4.78 is 0. The second kappa shape index (κ2) is 6.06. The molecule has 2 atom stereocenters. The van der Waals surface area contributed by atoms with Gasteiger partial charge in [0.25, 0.3) is 0 Å². The van der Waals surface area contributed by atoms with Crippen LogP contribution in [0.4, 0.5) is 0 Å². The number of benzene rings is 1. The zero-order valence-corrected chi connectivity index (χ0v) is 14.6. The predicted octanol–water partition coefficient (Wildman–Crippen LogP) is 4.26. The Morgan fingerprint density at radius 3 is 2.13 bits per heavy atom. The third-order valence-corrected chi connectivity index (χ3v) is 5.52. The number of rotatable bonds is 3. The summed E-state index contributed by atoms with van der Waals surface area (Å²) in [4.78, 5) is 0. The molecule has 1 aromatic carbocycles. The molecule has 1 aromatic rings. The number of fused-ring (bicyclic) bond motifs is 1. The summed E-state index contributed by atoms with van der Waals surface area (Å²) in [5, 5.41) is 28.2. The van der Waals surface area contributed by atoms with Crippen molar-refractivity contribution in [3.63, 3.8) is 0 Å². The molecule has 1 heterocycles. The number of hydrazone groups is 1. The van der Waals surface area contributed by atoms with E-state index in [1.165, 1.54) is 19.3 Å². The first-order valence-corrected chi connectivity index (χ1v) is 8.84. The topological polar surface area (TPSA) is 56.1 Å². The highest BCUT2D eigenvalue weighted by Gasteiger charge is 2.39. The van der Waals surface area contributed by atoms with E-state index in [4.69, 9.17) is 0 Å². The van der Waals surface area contributed by atoms with Crippen molar-refractivity contribution in [3.8, 4) is 11.5 Å². The van der Waals surface area contributed by atoms with Crippen LogP contribution >= 0.6 is 0 Å². The maximum absolute atomic E-state index is 10.8. The van der Waals surface area contributed by atoms with Crippen LogP contribution in [0.1, 0.15) is 87.0 Å². The van der Waals surface area contributed by atoms with E-state index in [-0.39, 0.29) is 11.8 Å². The van der Waals surface area contributed by atoms with Crippen molar-refractivity contribution < 1.29 is 10.2 Å². The number of hydrogen-bond donors (Lipinski definition) is 2. The van der Waals surface area contributed by atoms with Crippen LogP contribution in [0, 0.1) is 0 Å². The fourth-order valence-electron chi connectivity index (χ4n) is 3.97. The van der Waals surface area contributed by atoms with Crippen molar-refractivity contribution in [2.45, 2.75) is 64.7 Å². The monoisotopic (exact) mass is 316 g/mol. The lowest BCUT2D eigenvalue weighted by Gasteiger charge is -2.38. The predicted molar refractivity (Wildman–Crippen MR) is 93.7 cm³/mol. The van der Waals surface area contributed by atoms with Crippen molar-refractivity contribution in [1.29, 1.82) is 0 Å². The van der Waals surface area contributed by atoms with Crippen molar-refractivity contribution in [2.24, 2.45) is 5.10 Å². The van der Waals surface area contributed by atoms with Gasteiger partial charge in [-0.2, -0.15) is 5.10 Å². The first kappa shape index (κ1) is 16.2. The number of aromatic hydroxyl groups is 2. The van der Waals surface area contributed by atoms with Gasteiger partial charge in [-0.05, 0) is 37.0 Å². The lowest BCUT2D eigenvalue weighted by Crippen LogP contribution is -2.25. The summed E-state index contributed by atoms with van der Waals surface area (Å²) in [6.07, 6.45) is 5.37. The van der Waals surface area contributed by atoms with Gasteiger partial charge in [-0.3, -0.25) is 5.01 Å².